The molecule has 0 aliphatic rings. The molecule has 4 aromatic rings. The highest BCUT2D eigenvalue weighted by atomic mass is 35.5. The normalized spacial score (nSPS) is 11.8. The molecule has 0 saturated carbocycles. The van der Waals surface area contributed by atoms with Crippen molar-refractivity contribution < 1.29 is 14.2 Å². The second kappa shape index (κ2) is 10.5. The van der Waals surface area contributed by atoms with Crippen LogP contribution in [-0.4, -0.2) is 26.7 Å². The number of ether oxygens (including phenoxy) is 3. The molecular weight excluding hydrogens is 432 g/mol. The van der Waals surface area contributed by atoms with Crippen LogP contribution in [0.1, 0.15) is 23.6 Å². The molecule has 4 aromatic carbocycles. The van der Waals surface area contributed by atoms with Crippen molar-refractivity contribution in [3.05, 3.63) is 102 Å². The summed E-state index contributed by atoms with van der Waals surface area (Å²) in [5.41, 5.74) is 5.76. The van der Waals surface area contributed by atoms with Gasteiger partial charge in [0.25, 0.3) is 0 Å². The lowest BCUT2D eigenvalue weighted by atomic mass is 9.87. The molecule has 0 saturated heterocycles. The Morgan fingerprint density at radius 2 is 1.36 bits per heavy atom. The molecule has 0 fully saturated rings. The number of benzene rings is 4. The van der Waals surface area contributed by atoms with Gasteiger partial charge in [-0.1, -0.05) is 48.5 Å². The summed E-state index contributed by atoms with van der Waals surface area (Å²) < 4.78 is 16.5. The summed E-state index contributed by atoms with van der Waals surface area (Å²) in [6.07, 6.45) is 0. The lowest BCUT2D eigenvalue weighted by Crippen LogP contribution is -1.98. The first-order valence-corrected chi connectivity index (χ1v) is 11.4. The summed E-state index contributed by atoms with van der Waals surface area (Å²) in [5, 5.41) is 2.31. The van der Waals surface area contributed by atoms with E-state index >= 15 is 0 Å². The first-order chi connectivity index (χ1) is 16.1. The zero-order valence-electron chi connectivity index (χ0n) is 19.1. The summed E-state index contributed by atoms with van der Waals surface area (Å²) in [7, 11) is 3.38. The molecule has 0 spiro atoms. The van der Waals surface area contributed by atoms with Gasteiger partial charge in [-0.2, -0.15) is 0 Å². The van der Waals surface area contributed by atoms with E-state index in [-0.39, 0.29) is 0 Å². The molecular formula is C29H27ClO3. The summed E-state index contributed by atoms with van der Waals surface area (Å²) in [6, 6.07) is 29.0. The van der Waals surface area contributed by atoms with Gasteiger partial charge in [-0.25, -0.2) is 0 Å². The van der Waals surface area contributed by atoms with Crippen molar-refractivity contribution in [2.75, 3.05) is 26.7 Å². The van der Waals surface area contributed by atoms with E-state index < -0.39 is 0 Å². The van der Waals surface area contributed by atoms with E-state index in [9.17, 15) is 0 Å². The second-order valence-corrected chi connectivity index (χ2v) is 8.06. The van der Waals surface area contributed by atoms with Crippen LogP contribution >= 0.6 is 11.6 Å². The van der Waals surface area contributed by atoms with Gasteiger partial charge in [0.1, 0.15) is 23.9 Å². The fraction of sp³-hybridized carbons (Fsp3) is 0.172. The lowest BCUT2D eigenvalue weighted by molar-refractivity contribution is 0.343. The van der Waals surface area contributed by atoms with Crippen molar-refractivity contribution in [3.8, 4) is 17.2 Å². The van der Waals surface area contributed by atoms with Crippen LogP contribution in [0.3, 0.4) is 0 Å². The van der Waals surface area contributed by atoms with Crippen molar-refractivity contribution in [2.45, 2.75) is 6.92 Å². The Labute approximate surface area is 200 Å². The van der Waals surface area contributed by atoms with E-state index in [2.05, 4.69) is 61.5 Å². The largest absolute Gasteiger partial charge is 0.497 e. The molecule has 0 aliphatic heterocycles. The third kappa shape index (κ3) is 4.99. The Morgan fingerprint density at radius 1 is 0.727 bits per heavy atom. The van der Waals surface area contributed by atoms with Crippen LogP contribution in [0.5, 0.6) is 17.2 Å². The SMILES string of the molecule is COc1ccc(C(=C(C)c2ccc(OCCCl)cc2)c2cccc3cc(OC)ccc23)cc1. The number of allylic oxidation sites excluding steroid dienone is 1. The zero-order chi connectivity index (χ0) is 23.2. The number of alkyl halides is 1. The molecule has 0 unspecified atom stereocenters. The fourth-order valence-corrected chi connectivity index (χ4v) is 4.12. The first kappa shape index (κ1) is 22.8. The van der Waals surface area contributed by atoms with Gasteiger partial charge >= 0.3 is 0 Å². The number of hydrogen-bond donors (Lipinski definition) is 0. The maximum Gasteiger partial charge on any atom is 0.119 e. The minimum Gasteiger partial charge on any atom is -0.497 e. The molecule has 0 aromatic heterocycles. The van der Waals surface area contributed by atoms with E-state index in [1.54, 1.807) is 14.2 Å². The quantitative estimate of drug-likeness (QED) is 0.202. The van der Waals surface area contributed by atoms with Crippen LogP contribution in [0.15, 0.2) is 84.9 Å². The predicted octanol–water partition coefficient (Wildman–Crippen LogP) is 7.45. The van der Waals surface area contributed by atoms with Crippen LogP contribution in [0.25, 0.3) is 21.9 Å². The van der Waals surface area contributed by atoms with Gasteiger partial charge in [0.15, 0.2) is 0 Å². The molecule has 0 amide bonds. The van der Waals surface area contributed by atoms with Gasteiger partial charge in [0, 0.05) is 0 Å². The van der Waals surface area contributed by atoms with E-state index in [1.165, 1.54) is 22.1 Å². The Hall–Kier alpha value is -3.43. The summed E-state index contributed by atoms with van der Waals surface area (Å²) in [6.45, 7) is 2.66. The highest BCUT2D eigenvalue weighted by molar-refractivity contribution is 6.18. The van der Waals surface area contributed by atoms with Crippen molar-refractivity contribution in [2.24, 2.45) is 0 Å². The topological polar surface area (TPSA) is 27.7 Å². The zero-order valence-corrected chi connectivity index (χ0v) is 19.9. The summed E-state index contributed by atoms with van der Waals surface area (Å²) in [4.78, 5) is 0. The minimum absolute atomic E-state index is 0.466. The highest BCUT2D eigenvalue weighted by Crippen LogP contribution is 2.37. The smallest absolute Gasteiger partial charge is 0.119 e. The van der Waals surface area contributed by atoms with Gasteiger partial charge in [0.2, 0.25) is 0 Å². The molecule has 4 rings (SSSR count). The number of halogens is 1. The minimum atomic E-state index is 0.466. The fourth-order valence-electron chi connectivity index (χ4n) is 4.04. The average Bonchev–Trinajstić information content (AvgIpc) is 2.88. The van der Waals surface area contributed by atoms with Gasteiger partial charge in [-0.15, -0.1) is 11.6 Å². The summed E-state index contributed by atoms with van der Waals surface area (Å²) in [5.74, 6) is 2.96. The first-order valence-electron chi connectivity index (χ1n) is 10.9. The van der Waals surface area contributed by atoms with Gasteiger partial charge in [0.05, 0.1) is 20.1 Å². The molecule has 0 heterocycles. The monoisotopic (exact) mass is 458 g/mol. The number of fused-ring (bicyclic) bond motifs is 1. The highest BCUT2D eigenvalue weighted by Gasteiger charge is 2.14. The van der Waals surface area contributed by atoms with Crippen LogP contribution < -0.4 is 14.2 Å². The predicted molar refractivity (Wildman–Crippen MR) is 138 cm³/mol. The molecule has 33 heavy (non-hydrogen) atoms. The van der Waals surface area contributed by atoms with Crippen LogP contribution in [0, 0.1) is 0 Å². The van der Waals surface area contributed by atoms with Crippen LogP contribution in [0.4, 0.5) is 0 Å². The number of methoxy groups -OCH3 is 2. The van der Waals surface area contributed by atoms with E-state index in [1.807, 2.05) is 30.3 Å². The van der Waals surface area contributed by atoms with E-state index in [4.69, 9.17) is 25.8 Å². The van der Waals surface area contributed by atoms with Crippen molar-refractivity contribution in [3.63, 3.8) is 0 Å². The average molecular weight is 459 g/mol. The Morgan fingerprint density at radius 3 is 2.03 bits per heavy atom. The Bertz CT molecular complexity index is 1260. The van der Waals surface area contributed by atoms with Crippen molar-refractivity contribution >= 4 is 33.5 Å². The van der Waals surface area contributed by atoms with E-state index in [0.717, 1.165) is 33.8 Å². The van der Waals surface area contributed by atoms with E-state index in [0.29, 0.717) is 12.5 Å². The molecule has 0 atom stereocenters. The maximum absolute atomic E-state index is 5.75. The summed E-state index contributed by atoms with van der Waals surface area (Å²) >= 11 is 5.75. The second-order valence-electron chi connectivity index (χ2n) is 7.68. The molecule has 0 aliphatic carbocycles. The molecule has 0 N–H and O–H groups in total. The Balaban J connectivity index is 1.90. The number of rotatable bonds is 8. The number of hydrogen-bond acceptors (Lipinski definition) is 3. The third-order valence-electron chi connectivity index (χ3n) is 5.74. The third-order valence-corrected chi connectivity index (χ3v) is 5.90. The van der Waals surface area contributed by atoms with Crippen molar-refractivity contribution in [1.29, 1.82) is 0 Å². The van der Waals surface area contributed by atoms with Gasteiger partial charge in [-0.3, -0.25) is 0 Å². The van der Waals surface area contributed by atoms with Crippen LogP contribution in [-0.2, 0) is 0 Å². The standard InChI is InChI=1S/C29H27ClO3/c1-20(21-7-13-25(14-8-21)33-18-17-30)29(22-9-11-24(31-2)12-10-22)28-6-4-5-23-19-26(32-3)15-16-27(23)28/h4-16,19H,17-18H2,1-3H3. The lowest BCUT2D eigenvalue weighted by Gasteiger charge is -2.17. The van der Waals surface area contributed by atoms with Crippen LogP contribution in [0.2, 0.25) is 0 Å². The Kier molecular flexibility index (Phi) is 7.21. The molecule has 0 radical (unpaired) electrons. The molecule has 168 valence electrons. The molecule has 3 nitrogen and oxygen atoms in total. The van der Waals surface area contributed by atoms with Gasteiger partial charge < -0.3 is 14.2 Å². The van der Waals surface area contributed by atoms with Crippen molar-refractivity contribution in [1.82, 2.24) is 0 Å². The maximum atomic E-state index is 5.75. The molecule has 0 bridgehead atoms. The molecule has 4 heteroatoms. The van der Waals surface area contributed by atoms with Gasteiger partial charge in [-0.05, 0) is 81.9 Å².